The van der Waals surface area contributed by atoms with E-state index in [0.717, 1.165) is 5.92 Å². The van der Waals surface area contributed by atoms with Crippen molar-refractivity contribution in [3.05, 3.63) is 35.4 Å². The minimum Gasteiger partial charge on any atom is -0.478 e. The molecule has 1 unspecified atom stereocenters. The van der Waals surface area contributed by atoms with Gasteiger partial charge in [0, 0.05) is 32.5 Å². The topological polar surface area (TPSA) is 83.8 Å². The number of Topliss-reactive ketones (excluding diaryl/α,β-unsaturated/α-hetero) is 1. The lowest BCUT2D eigenvalue weighted by Crippen LogP contribution is -2.32. The van der Waals surface area contributed by atoms with E-state index in [2.05, 4.69) is 34.6 Å². The second-order valence-electron chi connectivity index (χ2n) is 11.4. The summed E-state index contributed by atoms with van der Waals surface area (Å²) in [6.45, 7) is 21.3. The normalized spacial score (nSPS) is 13.3. The lowest BCUT2D eigenvalue weighted by atomic mass is 10.00. The largest absolute Gasteiger partial charge is 0.478 e. The Labute approximate surface area is 215 Å². The van der Waals surface area contributed by atoms with Crippen LogP contribution in [0.2, 0.25) is 0 Å². The molecule has 0 aliphatic rings. The lowest BCUT2D eigenvalue weighted by Gasteiger charge is -2.31. The van der Waals surface area contributed by atoms with Crippen LogP contribution in [0.15, 0.2) is 24.3 Å². The van der Waals surface area contributed by atoms with Gasteiger partial charge in [-0.1, -0.05) is 32.9 Å². The molecule has 0 fully saturated rings. The van der Waals surface area contributed by atoms with E-state index in [9.17, 15) is 14.7 Å². The number of carboxylic acid groups (broad SMARTS) is 1. The second-order valence-corrected chi connectivity index (χ2v) is 14.8. The zero-order valence-corrected chi connectivity index (χ0v) is 24.4. The molecular weight excluding hydrogens is 468 g/mol. The highest BCUT2D eigenvalue weighted by Gasteiger charge is 2.29. The first kappa shape index (κ1) is 33.0. The van der Waals surface area contributed by atoms with Gasteiger partial charge in [-0.05, 0) is 66.5 Å². The van der Waals surface area contributed by atoms with Crippen molar-refractivity contribution in [3.63, 3.8) is 0 Å². The van der Waals surface area contributed by atoms with Gasteiger partial charge in [-0.3, -0.25) is 4.79 Å². The van der Waals surface area contributed by atoms with E-state index in [1.807, 2.05) is 34.6 Å². The molecule has 0 saturated carbocycles. The van der Waals surface area contributed by atoms with Crippen molar-refractivity contribution in [1.29, 1.82) is 0 Å². The number of ether oxygens (including phenoxy) is 1. The molecule has 2 N–H and O–H groups in total. The molecule has 0 aliphatic heterocycles. The molecule has 0 saturated heterocycles. The number of ketones is 1. The quantitative estimate of drug-likeness (QED) is 0.301. The Hall–Kier alpha value is -1.02. The number of aliphatic hydroxyl groups is 1. The first-order valence-corrected chi connectivity index (χ1v) is 13.8. The predicted octanol–water partition coefficient (Wildman–Crippen LogP) is 6.68. The van der Waals surface area contributed by atoms with Crippen LogP contribution in [-0.4, -0.2) is 61.8 Å². The number of hydrogen-bond donors (Lipinski definition) is 2. The average molecular weight is 515 g/mol. The van der Waals surface area contributed by atoms with Gasteiger partial charge in [-0.2, -0.15) is 23.5 Å². The summed E-state index contributed by atoms with van der Waals surface area (Å²) < 4.78 is 5.45. The van der Waals surface area contributed by atoms with Gasteiger partial charge in [0.1, 0.15) is 0 Å². The highest BCUT2D eigenvalue weighted by molar-refractivity contribution is 8.01. The van der Waals surface area contributed by atoms with Crippen molar-refractivity contribution < 1.29 is 24.5 Å². The molecule has 0 aliphatic carbocycles. The Morgan fingerprint density at radius 1 is 0.853 bits per heavy atom. The monoisotopic (exact) mass is 514 g/mol. The van der Waals surface area contributed by atoms with Crippen LogP contribution in [-0.2, 0) is 4.74 Å². The van der Waals surface area contributed by atoms with Crippen molar-refractivity contribution in [3.8, 4) is 0 Å². The van der Waals surface area contributed by atoms with Crippen LogP contribution in [0.4, 0.5) is 0 Å². The fourth-order valence-electron chi connectivity index (χ4n) is 2.34. The molecule has 0 aromatic heterocycles. The molecule has 5 nitrogen and oxygen atoms in total. The number of hydrogen-bond acceptors (Lipinski definition) is 6. The molecule has 0 amide bonds. The summed E-state index contributed by atoms with van der Waals surface area (Å²) in [5.41, 5.74) is 0.449. The maximum Gasteiger partial charge on any atom is 0.335 e. The molecule has 1 aromatic rings. The average Bonchev–Trinajstić information content (AvgIpc) is 2.71. The number of rotatable bonds is 12. The summed E-state index contributed by atoms with van der Waals surface area (Å²) in [4.78, 5) is 24.3. The predicted molar refractivity (Wildman–Crippen MR) is 148 cm³/mol. The van der Waals surface area contributed by atoms with E-state index < -0.39 is 5.97 Å². The smallest absolute Gasteiger partial charge is 0.335 e. The molecule has 7 heteroatoms. The number of benzene rings is 1. The van der Waals surface area contributed by atoms with Crippen LogP contribution in [0, 0.1) is 11.8 Å². The van der Waals surface area contributed by atoms with Crippen LogP contribution in [0.1, 0.15) is 90.0 Å². The number of carbonyl (C=O) groups excluding carboxylic acids is 1. The van der Waals surface area contributed by atoms with Gasteiger partial charge in [0.2, 0.25) is 0 Å². The Morgan fingerprint density at radius 3 is 1.65 bits per heavy atom. The fourth-order valence-corrected chi connectivity index (χ4v) is 4.57. The van der Waals surface area contributed by atoms with E-state index in [-0.39, 0.29) is 39.0 Å². The Bertz CT molecular complexity index is 747. The molecule has 196 valence electrons. The van der Waals surface area contributed by atoms with Crippen molar-refractivity contribution in [2.75, 3.05) is 24.7 Å². The third-order valence-electron chi connectivity index (χ3n) is 4.37. The zero-order valence-electron chi connectivity index (χ0n) is 22.7. The number of aromatic carboxylic acids is 1. The summed E-state index contributed by atoms with van der Waals surface area (Å²) >= 11 is 3.28. The minimum absolute atomic E-state index is 0.00628. The lowest BCUT2D eigenvalue weighted by molar-refractivity contribution is -0.0110. The highest BCUT2D eigenvalue weighted by Crippen LogP contribution is 2.33. The van der Waals surface area contributed by atoms with Crippen molar-refractivity contribution >= 4 is 35.3 Å². The summed E-state index contributed by atoms with van der Waals surface area (Å²) in [7, 11) is 0. The molecule has 0 radical (unpaired) electrons. The molecule has 1 rings (SSSR count). The Morgan fingerprint density at radius 2 is 1.26 bits per heavy atom. The van der Waals surface area contributed by atoms with E-state index in [1.165, 1.54) is 12.1 Å². The van der Waals surface area contributed by atoms with E-state index >= 15 is 0 Å². The van der Waals surface area contributed by atoms with Gasteiger partial charge in [-0.25, -0.2) is 4.79 Å². The zero-order chi connectivity index (χ0) is 26.7. The third kappa shape index (κ3) is 15.1. The first-order chi connectivity index (χ1) is 15.4. The van der Waals surface area contributed by atoms with E-state index in [4.69, 9.17) is 9.84 Å². The second kappa shape index (κ2) is 14.5. The highest BCUT2D eigenvalue weighted by atomic mass is 32.2. The van der Waals surface area contributed by atoms with E-state index in [0.29, 0.717) is 23.7 Å². The van der Waals surface area contributed by atoms with Crippen molar-refractivity contribution in [2.24, 2.45) is 11.8 Å². The van der Waals surface area contributed by atoms with Gasteiger partial charge >= 0.3 is 5.97 Å². The van der Waals surface area contributed by atoms with Crippen molar-refractivity contribution in [2.45, 2.75) is 84.3 Å². The molecule has 1 atom stereocenters. The molecular formula is C27H46O5S2. The summed E-state index contributed by atoms with van der Waals surface area (Å²) in [6.07, 6.45) is 0. The van der Waals surface area contributed by atoms with Gasteiger partial charge in [0.25, 0.3) is 0 Å². The minimum atomic E-state index is -1.01. The molecule has 0 heterocycles. The van der Waals surface area contributed by atoms with Crippen LogP contribution in [0.25, 0.3) is 0 Å². The maximum absolute atomic E-state index is 13.2. The number of thioether (sulfide) groups is 2. The van der Waals surface area contributed by atoms with Crippen LogP contribution in [0.5, 0.6) is 0 Å². The van der Waals surface area contributed by atoms with Crippen molar-refractivity contribution in [1.82, 2.24) is 0 Å². The molecule has 1 aromatic carbocycles. The first-order valence-electron chi connectivity index (χ1n) is 11.8. The van der Waals surface area contributed by atoms with Crippen LogP contribution >= 0.6 is 23.5 Å². The fraction of sp³-hybridized carbons (Fsp3) is 0.704. The number of carbonyl (C=O) groups is 2. The molecule has 0 bridgehead atoms. The van der Waals surface area contributed by atoms with Gasteiger partial charge < -0.3 is 14.9 Å². The standard InChI is InChI=1S/C23H36O5S2.C4H10/c1-21(2,3)28-15-23(6,7)30-13-18(12-29-22(4,5)14-24)19(25)16-8-10-17(11-9-16)20(26)27;1-4(2)3/h8-11,18,24H,12-15H2,1-7H3,(H,26,27);4H,1-3H3. The number of carboxylic acids is 1. The van der Waals surface area contributed by atoms with Crippen LogP contribution in [0.3, 0.4) is 0 Å². The Balaban J connectivity index is 0.00000251. The maximum atomic E-state index is 13.2. The molecule has 34 heavy (non-hydrogen) atoms. The number of aliphatic hydroxyl groups excluding tert-OH is 1. The van der Waals surface area contributed by atoms with Gasteiger partial charge in [-0.15, -0.1) is 0 Å². The molecule has 0 spiro atoms. The Kier molecular flexibility index (Phi) is 14.1. The van der Waals surface area contributed by atoms with E-state index in [1.54, 1.807) is 35.7 Å². The summed E-state index contributed by atoms with van der Waals surface area (Å²) in [6, 6.07) is 6.09. The van der Waals surface area contributed by atoms with Gasteiger partial charge in [0.15, 0.2) is 5.78 Å². The third-order valence-corrected chi connectivity index (χ3v) is 7.32. The SMILES string of the molecule is CC(C)(C)OCC(C)(C)SCC(CSC(C)(C)CO)C(=O)c1ccc(C(=O)O)cc1.CC(C)C. The summed E-state index contributed by atoms with van der Waals surface area (Å²) in [5, 5.41) is 18.6. The summed E-state index contributed by atoms with van der Waals surface area (Å²) in [5.74, 6) is 0.760. The van der Waals surface area contributed by atoms with Gasteiger partial charge in [0.05, 0.1) is 24.4 Å². The van der Waals surface area contributed by atoms with Crippen LogP contribution < -0.4 is 0 Å².